The second-order valence-electron chi connectivity index (χ2n) is 5.53. The van der Waals surface area contributed by atoms with Crippen LogP contribution in [0.5, 0.6) is 0 Å². The largest absolute Gasteiger partial charge is 0.389 e. The molecule has 1 rings (SSSR count). The molecule has 1 aromatic carbocycles. The van der Waals surface area contributed by atoms with Crippen LogP contribution in [0.15, 0.2) is 18.2 Å². The zero-order valence-electron chi connectivity index (χ0n) is 12.1. The van der Waals surface area contributed by atoms with Crippen LogP contribution in [-0.2, 0) is 6.54 Å². The molecule has 0 aliphatic rings. The van der Waals surface area contributed by atoms with Gasteiger partial charge >= 0.3 is 0 Å². The summed E-state index contributed by atoms with van der Waals surface area (Å²) in [5, 5.41) is 0. The lowest BCUT2D eigenvalue weighted by molar-refractivity contribution is 0.143. The van der Waals surface area contributed by atoms with Crippen LogP contribution in [0.4, 0.5) is 0 Å². The topological polar surface area (TPSA) is 29.3 Å². The Kier molecular flexibility index (Phi) is 4.88. The minimum atomic E-state index is 0.217. The fourth-order valence-corrected chi connectivity index (χ4v) is 1.89. The van der Waals surface area contributed by atoms with Crippen molar-refractivity contribution < 1.29 is 0 Å². The molecular weight excluding hydrogens is 240 g/mol. The molecule has 1 aromatic rings. The van der Waals surface area contributed by atoms with Crippen LogP contribution in [0.2, 0.25) is 0 Å². The smallest absolute Gasteiger partial charge is 0.103 e. The van der Waals surface area contributed by atoms with Gasteiger partial charge in [0, 0.05) is 17.6 Å². The van der Waals surface area contributed by atoms with Crippen molar-refractivity contribution in [3.8, 4) is 0 Å². The predicted molar refractivity (Wildman–Crippen MR) is 82.9 cm³/mol. The van der Waals surface area contributed by atoms with Crippen molar-refractivity contribution in [3.05, 3.63) is 34.9 Å². The summed E-state index contributed by atoms with van der Waals surface area (Å²) in [6.45, 7) is 9.82. The number of nitrogens with two attached hydrogens (primary N) is 1. The zero-order chi connectivity index (χ0) is 13.9. The van der Waals surface area contributed by atoms with E-state index in [1.54, 1.807) is 0 Å². The zero-order valence-corrected chi connectivity index (χ0v) is 12.9. The third-order valence-corrected chi connectivity index (χ3v) is 4.17. The van der Waals surface area contributed by atoms with Gasteiger partial charge in [0.2, 0.25) is 0 Å². The summed E-state index contributed by atoms with van der Waals surface area (Å²) in [5.74, 6) is 0. The highest BCUT2D eigenvalue weighted by atomic mass is 32.1. The lowest BCUT2D eigenvalue weighted by atomic mass is 9.98. The van der Waals surface area contributed by atoms with Gasteiger partial charge in [0.1, 0.15) is 4.99 Å². The molecule has 0 atom stereocenters. The minimum Gasteiger partial charge on any atom is -0.389 e. The fraction of sp³-hybridized carbons (Fsp3) is 0.533. The van der Waals surface area contributed by atoms with E-state index in [4.69, 9.17) is 18.0 Å². The van der Waals surface area contributed by atoms with Crippen LogP contribution in [0, 0.1) is 6.92 Å². The molecule has 0 aliphatic carbocycles. The number of nitrogens with zero attached hydrogens (tertiary/aromatic N) is 1. The first-order valence-electron chi connectivity index (χ1n) is 6.38. The maximum Gasteiger partial charge on any atom is 0.103 e. The van der Waals surface area contributed by atoms with E-state index < -0.39 is 0 Å². The first kappa shape index (κ1) is 15.1. The Bertz CT molecular complexity index is 438. The van der Waals surface area contributed by atoms with Gasteiger partial charge in [-0.15, -0.1) is 0 Å². The highest BCUT2D eigenvalue weighted by Gasteiger charge is 2.21. The van der Waals surface area contributed by atoms with Gasteiger partial charge in [0.25, 0.3) is 0 Å². The first-order chi connectivity index (χ1) is 8.27. The molecule has 0 unspecified atom stereocenters. The molecule has 0 amide bonds. The lowest BCUT2D eigenvalue weighted by Gasteiger charge is -2.35. The highest BCUT2D eigenvalue weighted by molar-refractivity contribution is 7.80. The average molecular weight is 264 g/mol. The molecule has 0 heterocycles. The molecule has 0 saturated heterocycles. The van der Waals surface area contributed by atoms with Crippen molar-refractivity contribution in [1.29, 1.82) is 0 Å². The van der Waals surface area contributed by atoms with Crippen LogP contribution in [0.1, 0.15) is 43.9 Å². The molecule has 0 aliphatic heterocycles. The summed E-state index contributed by atoms with van der Waals surface area (Å²) in [7, 11) is 2.17. The van der Waals surface area contributed by atoms with Gasteiger partial charge in [-0.1, -0.05) is 31.3 Å². The van der Waals surface area contributed by atoms with Gasteiger partial charge in [0.15, 0.2) is 0 Å². The van der Waals surface area contributed by atoms with E-state index in [-0.39, 0.29) is 5.54 Å². The number of hydrogen-bond acceptors (Lipinski definition) is 2. The summed E-state index contributed by atoms with van der Waals surface area (Å²) in [5.41, 5.74) is 9.39. The number of rotatable bonds is 5. The van der Waals surface area contributed by atoms with Gasteiger partial charge < -0.3 is 5.73 Å². The van der Waals surface area contributed by atoms with Gasteiger partial charge in [-0.05, 0) is 51.4 Å². The van der Waals surface area contributed by atoms with E-state index in [0.717, 1.165) is 18.5 Å². The van der Waals surface area contributed by atoms with Crippen molar-refractivity contribution in [2.45, 2.75) is 46.2 Å². The Labute approximate surface area is 116 Å². The van der Waals surface area contributed by atoms with E-state index in [1.165, 1.54) is 11.1 Å². The van der Waals surface area contributed by atoms with Crippen LogP contribution in [0.3, 0.4) is 0 Å². The van der Waals surface area contributed by atoms with Crippen molar-refractivity contribution in [1.82, 2.24) is 4.90 Å². The molecule has 0 saturated carbocycles. The molecule has 0 radical (unpaired) electrons. The van der Waals surface area contributed by atoms with Gasteiger partial charge in [-0.2, -0.15) is 0 Å². The Morgan fingerprint density at radius 3 is 2.44 bits per heavy atom. The monoisotopic (exact) mass is 264 g/mol. The predicted octanol–water partition coefficient (Wildman–Crippen LogP) is 3.25. The Balaban J connectivity index is 2.89. The van der Waals surface area contributed by atoms with Crippen molar-refractivity contribution in [3.63, 3.8) is 0 Å². The summed E-state index contributed by atoms with van der Waals surface area (Å²) in [6.07, 6.45) is 1.13. The summed E-state index contributed by atoms with van der Waals surface area (Å²) in [4.78, 5) is 2.85. The molecule has 0 bridgehead atoms. The Morgan fingerprint density at radius 2 is 2.00 bits per heavy atom. The average Bonchev–Trinajstić information content (AvgIpc) is 2.31. The second kappa shape index (κ2) is 5.81. The van der Waals surface area contributed by atoms with Crippen LogP contribution >= 0.6 is 12.2 Å². The van der Waals surface area contributed by atoms with Gasteiger partial charge in [0.05, 0.1) is 0 Å². The molecule has 2 nitrogen and oxygen atoms in total. The number of aryl methyl sites for hydroxylation is 1. The summed E-state index contributed by atoms with van der Waals surface area (Å²) in [6, 6.07) is 6.22. The van der Waals surface area contributed by atoms with Crippen LogP contribution < -0.4 is 5.73 Å². The Morgan fingerprint density at radius 1 is 1.39 bits per heavy atom. The second-order valence-corrected chi connectivity index (χ2v) is 5.97. The van der Waals surface area contributed by atoms with Gasteiger partial charge in [-0.3, -0.25) is 4.90 Å². The van der Waals surface area contributed by atoms with E-state index in [2.05, 4.69) is 51.8 Å². The minimum absolute atomic E-state index is 0.217. The lowest BCUT2D eigenvalue weighted by Crippen LogP contribution is -2.39. The molecule has 18 heavy (non-hydrogen) atoms. The van der Waals surface area contributed by atoms with Crippen LogP contribution in [-0.4, -0.2) is 22.5 Å². The van der Waals surface area contributed by atoms with Crippen LogP contribution in [0.25, 0.3) is 0 Å². The normalized spacial score (nSPS) is 11.9. The van der Waals surface area contributed by atoms with E-state index in [0.29, 0.717) is 4.99 Å². The fourth-order valence-electron chi connectivity index (χ4n) is 1.77. The third-order valence-electron chi connectivity index (χ3n) is 3.93. The van der Waals surface area contributed by atoms with Crippen molar-refractivity contribution in [2.24, 2.45) is 5.73 Å². The summed E-state index contributed by atoms with van der Waals surface area (Å²) >= 11 is 5.00. The third kappa shape index (κ3) is 3.53. The molecule has 100 valence electrons. The van der Waals surface area contributed by atoms with Gasteiger partial charge in [-0.25, -0.2) is 0 Å². The number of hydrogen-bond donors (Lipinski definition) is 1. The Hall–Kier alpha value is -0.930. The summed E-state index contributed by atoms with van der Waals surface area (Å²) < 4.78 is 0. The number of thiocarbonyl (C=S) groups is 1. The highest BCUT2D eigenvalue weighted by Crippen LogP contribution is 2.21. The maximum atomic E-state index is 5.65. The molecule has 3 heteroatoms. The van der Waals surface area contributed by atoms with Crippen molar-refractivity contribution >= 4 is 17.2 Å². The maximum absolute atomic E-state index is 5.65. The first-order valence-corrected chi connectivity index (χ1v) is 6.79. The SMILES string of the molecule is CCC(C)(C)N(C)Cc1ccc(C(N)=S)cc1C. The van der Waals surface area contributed by atoms with E-state index in [1.807, 2.05) is 6.07 Å². The quantitative estimate of drug-likeness (QED) is 0.828. The molecular formula is C15H24N2S. The number of benzene rings is 1. The molecule has 2 N–H and O–H groups in total. The van der Waals surface area contributed by atoms with E-state index in [9.17, 15) is 0 Å². The molecule has 0 fully saturated rings. The standard InChI is InChI=1S/C15H24N2S/c1-6-15(3,4)17(5)10-13-8-7-12(14(16)18)9-11(13)2/h7-9H,6,10H2,1-5H3,(H2,16,18). The molecule has 0 spiro atoms. The van der Waals surface area contributed by atoms with Crippen molar-refractivity contribution in [2.75, 3.05) is 7.05 Å². The van der Waals surface area contributed by atoms with E-state index >= 15 is 0 Å². The molecule has 0 aromatic heterocycles.